The molecule has 0 heterocycles. The average Bonchev–Trinajstić information content (AvgIpc) is 2.89. The van der Waals surface area contributed by atoms with Gasteiger partial charge in [-0.1, -0.05) is 65.2 Å². The van der Waals surface area contributed by atoms with Gasteiger partial charge in [-0.25, -0.2) is 0 Å². The number of rotatable bonds is 32. The Labute approximate surface area is 270 Å². The van der Waals surface area contributed by atoms with E-state index in [1.165, 1.54) is 103 Å². The van der Waals surface area contributed by atoms with Crippen molar-refractivity contribution in [2.24, 2.45) is 11.8 Å². The molecule has 0 aromatic rings. The van der Waals surface area contributed by atoms with E-state index in [1.807, 2.05) is 0 Å². The Morgan fingerprint density at radius 3 is 1.15 bits per heavy atom. The summed E-state index contributed by atoms with van der Waals surface area (Å²) in [6, 6.07) is 0. The van der Waals surface area contributed by atoms with E-state index < -0.39 is 0 Å². The molecule has 0 aromatic heterocycles. The maximum absolute atomic E-state index is 5.68. The number of unbranched alkanes of at least 4 members (excludes halogenated alkanes) is 10. The summed E-state index contributed by atoms with van der Waals surface area (Å²) in [5, 5.41) is 0. The van der Waals surface area contributed by atoms with Gasteiger partial charge in [-0.2, -0.15) is 0 Å². The third-order valence-corrected chi connectivity index (χ3v) is 8.87. The minimum atomic E-state index is 0. The predicted molar refractivity (Wildman–Crippen MR) is 171 cm³/mol. The summed E-state index contributed by atoms with van der Waals surface area (Å²) in [4.78, 5) is 1.42. The van der Waals surface area contributed by atoms with Gasteiger partial charge >= 0.3 is 187 Å². The first-order valence-electron chi connectivity index (χ1n) is 16.8. The molecule has 40 heavy (non-hydrogen) atoms. The van der Waals surface area contributed by atoms with Crippen molar-refractivity contribution in [3.8, 4) is 0 Å². The van der Waals surface area contributed by atoms with E-state index in [0.29, 0.717) is 23.2 Å². The first-order valence-corrected chi connectivity index (χ1v) is 17.9. The average molecular weight is 613 g/mol. The second kappa shape index (κ2) is 34.4. The van der Waals surface area contributed by atoms with Gasteiger partial charge in [0, 0.05) is 18.9 Å². The summed E-state index contributed by atoms with van der Waals surface area (Å²) in [7, 11) is 0. The molecule has 0 rings (SSSR count). The Kier molecular flexibility index (Phi) is 37.1. The number of ether oxygens (including phenoxy) is 4. The van der Waals surface area contributed by atoms with E-state index in [1.54, 1.807) is 0 Å². The van der Waals surface area contributed by atoms with Gasteiger partial charge in [0.05, 0.1) is 0 Å². The van der Waals surface area contributed by atoms with Crippen LogP contribution < -0.4 is 0 Å². The van der Waals surface area contributed by atoms with E-state index in [9.17, 15) is 0 Å². The molecule has 0 aromatic carbocycles. The summed E-state index contributed by atoms with van der Waals surface area (Å²) in [5.41, 5.74) is 0. The molecule has 242 valence electrons. The fourth-order valence-electron chi connectivity index (χ4n) is 5.05. The van der Waals surface area contributed by atoms with Crippen LogP contribution in [0.5, 0.6) is 0 Å². The van der Waals surface area contributed by atoms with Crippen LogP contribution in [0.3, 0.4) is 0 Å². The van der Waals surface area contributed by atoms with Crippen molar-refractivity contribution >= 4 is 18.9 Å². The molecule has 6 heteroatoms. The van der Waals surface area contributed by atoms with Crippen LogP contribution in [0.2, 0.25) is 9.63 Å². The minimum absolute atomic E-state index is 0. The van der Waals surface area contributed by atoms with Crippen LogP contribution in [0, 0.1) is 11.8 Å². The molecular formula is C34H70CuLiO4. The summed E-state index contributed by atoms with van der Waals surface area (Å²) in [6.45, 7) is 18.4. The Balaban J connectivity index is 0. The smallest absolute Gasteiger partial charge is 0.0654 e. The number of hydrogen-bond donors (Lipinski definition) is 0. The van der Waals surface area contributed by atoms with Crippen molar-refractivity contribution < 1.29 is 33.9 Å². The zero-order chi connectivity index (χ0) is 28.8. The molecule has 0 N–H and O–H groups in total. The van der Waals surface area contributed by atoms with E-state index in [2.05, 4.69) is 56.5 Å². The predicted octanol–water partition coefficient (Wildman–Crippen LogP) is 10.6. The normalized spacial score (nSPS) is 14.7. The molecule has 0 saturated carbocycles. The van der Waals surface area contributed by atoms with E-state index >= 15 is 0 Å². The second-order valence-corrected chi connectivity index (χ2v) is 14.1. The maximum atomic E-state index is 5.68. The summed E-state index contributed by atoms with van der Waals surface area (Å²) in [5.74, 6) is 1.50. The van der Waals surface area contributed by atoms with Gasteiger partial charge in [0.25, 0.3) is 0 Å². The quantitative estimate of drug-likeness (QED) is 0.0430. The minimum Gasteiger partial charge on any atom is -0.0654 e. The fourth-order valence-corrected chi connectivity index (χ4v) is 6.98. The zero-order valence-electron chi connectivity index (χ0n) is 28.2. The van der Waals surface area contributed by atoms with E-state index in [0.717, 1.165) is 51.1 Å². The van der Waals surface area contributed by atoms with Gasteiger partial charge in [0.1, 0.15) is 0 Å². The molecule has 0 amide bonds. The molecule has 0 aliphatic carbocycles. The van der Waals surface area contributed by atoms with Crippen molar-refractivity contribution in [2.45, 2.75) is 167 Å². The standard InChI is InChI=1S/2C17H35O2.Cu.Li/c2*1-4-6-7-8-9-10-14-18-16-19-15-11-13-17(3)12-5-2;;/h2*5,17H,4,6-16H2,1-3H3;;. The van der Waals surface area contributed by atoms with Crippen molar-refractivity contribution in [3.05, 3.63) is 0 Å². The molecular weight excluding hydrogens is 543 g/mol. The Morgan fingerprint density at radius 1 is 0.450 bits per heavy atom. The van der Waals surface area contributed by atoms with Crippen molar-refractivity contribution in [3.63, 3.8) is 0 Å². The van der Waals surface area contributed by atoms with Gasteiger partial charge < -0.3 is 0 Å². The van der Waals surface area contributed by atoms with Crippen molar-refractivity contribution in [2.75, 3.05) is 40.0 Å². The molecule has 4 unspecified atom stereocenters. The SMILES string of the molecule is CCCCCCCCOCOCCCC(C)C[CH](C)[Cu][CH](C)CC(C)CCCOCOCCCCCCCC.[Li]. The van der Waals surface area contributed by atoms with Crippen LogP contribution in [-0.2, 0) is 33.9 Å². The molecule has 0 spiro atoms. The van der Waals surface area contributed by atoms with Crippen molar-refractivity contribution in [1.82, 2.24) is 0 Å². The van der Waals surface area contributed by atoms with Crippen LogP contribution >= 0.6 is 0 Å². The molecule has 0 aliphatic heterocycles. The van der Waals surface area contributed by atoms with Gasteiger partial charge in [0.2, 0.25) is 0 Å². The topological polar surface area (TPSA) is 36.9 Å². The van der Waals surface area contributed by atoms with Gasteiger partial charge in [0.15, 0.2) is 0 Å². The first kappa shape index (κ1) is 43.1. The molecule has 0 saturated heterocycles. The second-order valence-electron chi connectivity index (χ2n) is 11.9. The summed E-state index contributed by atoms with van der Waals surface area (Å²) >= 11 is 2.28. The van der Waals surface area contributed by atoms with Crippen LogP contribution in [0.1, 0.15) is 157 Å². The molecule has 0 fully saturated rings. The third-order valence-electron chi connectivity index (χ3n) is 7.35. The Bertz CT molecular complexity index is 431. The first-order chi connectivity index (χ1) is 19.0. The summed E-state index contributed by atoms with van der Waals surface area (Å²) in [6.07, 6.45) is 23.0. The number of hydrogen-bond acceptors (Lipinski definition) is 4. The summed E-state index contributed by atoms with van der Waals surface area (Å²) < 4.78 is 22.6. The molecule has 0 bridgehead atoms. The van der Waals surface area contributed by atoms with Crippen LogP contribution in [-0.4, -0.2) is 58.9 Å². The van der Waals surface area contributed by atoms with Crippen LogP contribution in [0.25, 0.3) is 0 Å². The van der Waals surface area contributed by atoms with Crippen LogP contribution in [0.15, 0.2) is 0 Å². The molecule has 4 nitrogen and oxygen atoms in total. The monoisotopic (exact) mass is 612 g/mol. The van der Waals surface area contributed by atoms with Crippen LogP contribution in [0.4, 0.5) is 0 Å². The van der Waals surface area contributed by atoms with Crippen molar-refractivity contribution in [1.29, 1.82) is 0 Å². The zero-order valence-corrected chi connectivity index (χ0v) is 29.2. The van der Waals surface area contributed by atoms with Gasteiger partial charge in [-0.3, -0.25) is 0 Å². The third kappa shape index (κ3) is 33.5. The van der Waals surface area contributed by atoms with Gasteiger partial charge in [-0.15, -0.1) is 0 Å². The fraction of sp³-hybridized carbons (Fsp3) is 1.00. The van der Waals surface area contributed by atoms with E-state index in [4.69, 9.17) is 18.9 Å². The van der Waals surface area contributed by atoms with Gasteiger partial charge in [-0.05, 0) is 0 Å². The Hall–Kier alpha value is 0.957. The van der Waals surface area contributed by atoms with E-state index in [-0.39, 0.29) is 18.9 Å². The molecule has 0 aliphatic rings. The molecule has 1 radical (unpaired) electrons. The molecule has 4 atom stereocenters. The Morgan fingerprint density at radius 2 is 0.775 bits per heavy atom.